The summed E-state index contributed by atoms with van der Waals surface area (Å²) >= 11 is 3.44. The second-order valence-electron chi connectivity index (χ2n) is 4.11. The van der Waals surface area contributed by atoms with E-state index in [4.69, 9.17) is 14.9 Å². The number of hydrogen-bond acceptors (Lipinski definition) is 3. The lowest BCUT2D eigenvalue weighted by Gasteiger charge is -2.16. The predicted molar refractivity (Wildman–Crippen MR) is 68.0 cm³/mol. The molecule has 17 heavy (non-hydrogen) atoms. The highest BCUT2D eigenvalue weighted by Crippen LogP contribution is 2.41. The van der Waals surface area contributed by atoms with Crippen molar-refractivity contribution in [1.29, 1.82) is 0 Å². The number of furan rings is 1. The molecule has 2 atom stereocenters. The maximum absolute atomic E-state index is 6.26. The van der Waals surface area contributed by atoms with Crippen LogP contribution in [0.15, 0.2) is 45.5 Å². The van der Waals surface area contributed by atoms with E-state index in [2.05, 4.69) is 22.0 Å². The first kappa shape index (κ1) is 10.9. The molecule has 0 radical (unpaired) electrons. The second kappa shape index (κ2) is 4.20. The van der Waals surface area contributed by atoms with E-state index < -0.39 is 0 Å². The molecule has 0 aliphatic carbocycles. The topological polar surface area (TPSA) is 48.4 Å². The Morgan fingerprint density at radius 1 is 1.29 bits per heavy atom. The van der Waals surface area contributed by atoms with Gasteiger partial charge in [0.25, 0.3) is 0 Å². The van der Waals surface area contributed by atoms with E-state index in [-0.39, 0.29) is 12.0 Å². The Balaban J connectivity index is 1.95. The molecule has 4 heteroatoms. The summed E-state index contributed by atoms with van der Waals surface area (Å²) in [6.45, 7) is 0.605. The number of hydrogen-bond donors (Lipinski definition) is 1. The van der Waals surface area contributed by atoms with E-state index in [1.165, 1.54) is 0 Å². The first-order chi connectivity index (χ1) is 8.27. The highest BCUT2D eigenvalue weighted by Gasteiger charge is 2.32. The molecule has 2 N–H and O–H groups in total. The smallest absolute Gasteiger partial charge is 0.135 e. The monoisotopic (exact) mass is 293 g/mol. The molecular formula is C13H12BrNO2. The first-order valence-electron chi connectivity index (χ1n) is 5.47. The van der Waals surface area contributed by atoms with Gasteiger partial charge in [0, 0.05) is 11.5 Å². The fourth-order valence-corrected chi connectivity index (χ4v) is 2.68. The van der Waals surface area contributed by atoms with E-state index in [1.54, 1.807) is 6.26 Å². The average Bonchev–Trinajstić information content (AvgIpc) is 2.94. The lowest BCUT2D eigenvalue weighted by molar-refractivity contribution is 0.302. The Kier molecular flexibility index (Phi) is 2.68. The largest absolute Gasteiger partial charge is 0.493 e. The third-order valence-electron chi connectivity index (χ3n) is 3.12. The number of nitrogens with two attached hydrogens (primary N) is 1. The third-order valence-corrected chi connectivity index (χ3v) is 3.77. The van der Waals surface area contributed by atoms with Gasteiger partial charge in [-0.05, 0) is 28.1 Å². The SMILES string of the molecule is NC(c1occc1Br)C1COc2ccccc21. The summed E-state index contributed by atoms with van der Waals surface area (Å²) in [6, 6.07) is 9.67. The van der Waals surface area contributed by atoms with Gasteiger partial charge in [0.15, 0.2) is 0 Å². The van der Waals surface area contributed by atoms with Crippen molar-refractivity contribution in [2.45, 2.75) is 12.0 Å². The van der Waals surface area contributed by atoms with Crippen LogP contribution in [0.2, 0.25) is 0 Å². The zero-order chi connectivity index (χ0) is 11.8. The molecule has 1 aliphatic rings. The van der Waals surface area contributed by atoms with Gasteiger partial charge in [0.1, 0.15) is 11.5 Å². The molecule has 0 fully saturated rings. The molecule has 0 amide bonds. The Bertz CT molecular complexity index is 538. The van der Waals surface area contributed by atoms with Crippen molar-refractivity contribution < 1.29 is 9.15 Å². The number of ether oxygens (including phenoxy) is 1. The molecule has 0 bridgehead atoms. The summed E-state index contributed by atoms with van der Waals surface area (Å²) < 4.78 is 12.0. The quantitative estimate of drug-likeness (QED) is 0.925. The number of halogens is 1. The Labute approximate surface area is 108 Å². The number of para-hydroxylation sites is 1. The molecule has 0 saturated heterocycles. The van der Waals surface area contributed by atoms with Crippen molar-refractivity contribution in [3.63, 3.8) is 0 Å². The summed E-state index contributed by atoms with van der Waals surface area (Å²) in [7, 11) is 0. The lowest BCUT2D eigenvalue weighted by Crippen LogP contribution is -2.20. The Morgan fingerprint density at radius 2 is 2.12 bits per heavy atom. The third kappa shape index (κ3) is 1.77. The normalized spacial score (nSPS) is 19.8. The van der Waals surface area contributed by atoms with Crippen molar-refractivity contribution in [2.24, 2.45) is 5.73 Å². The van der Waals surface area contributed by atoms with Gasteiger partial charge in [-0.3, -0.25) is 0 Å². The van der Waals surface area contributed by atoms with Crippen molar-refractivity contribution >= 4 is 15.9 Å². The van der Waals surface area contributed by atoms with Crippen LogP contribution in [-0.2, 0) is 0 Å². The molecule has 2 heterocycles. The van der Waals surface area contributed by atoms with Crippen molar-refractivity contribution in [2.75, 3.05) is 6.61 Å². The summed E-state index contributed by atoms with van der Waals surface area (Å²) in [5.74, 6) is 1.85. The van der Waals surface area contributed by atoms with Gasteiger partial charge in [-0.25, -0.2) is 0 Å². The summed E-state index contributed by atoms with van der Waals surface area (Å²) in [6.07, 6.45) is 1.64. The van der Waals surface area contributed by atoms with Crippen LogP contribution >= 0.6 is 15.9 Å². The molecule has 2 unspecified atom stereocenters. The maximum atomic E-state index is 6.26. The molecule has 0 spiro atoms. The maximum Gasteiger partial charge on any atom is 0.135 e. The Morgan fingerprint density at radius 3 is 2.88 bits per heavy atom. The van der Waals surface area contributed by atoms with Gasteiger partial charge in [-0.2, -0.15) is 0 Å². The van der Waals surface area contributed by atoms with Crippen LogP contribution in [0.4, 0.5) is 0 Å². The predicted octanol–water partition coefficient (Wildman–Crippen LogP) is 3.22. The standard InChI is InChI=1S/C13H12BrNO2/c14-10-5-6-16-13(10)12(15)9-7-17-11-4-2-1-3-8(9)11/h1-6,9,12H,7,15H2. The molecule has 88 valence electrons. The van der Waals surface area contributed by atoms with Gasteiger partial charge >= 0.3 is 0 Å². The molecular weight excluding hydrogens is 282 g/mol. The van der Waals surface area contributed by atoms with Gasteiger partial charge in [-0.1, -0.05) is 18.2 Å². The lowest BCUT2D eigenvalue weighted by atomic mass is 9.92. The summed E-state index contributed by atoms with van der Waals surface area (Å²) in [5.41, 5.74) is 7.41. The van der Waals surface area contributed by atoms with E-state index >= 15 is 0 Å². The minimum atomic E-state index is -0.192. The van der Waals surface area contributed by atoms with Crippen LogP contribution in [0.1, 0.15) is 23.3 Å². The molecule has 1 aliphatic heterocycles. The highest BCUT2D eigenvalue weighted by atomic mass is 79.9. The fourth-order valence-electron chi connectivity index (χ4n) is 2.21. The molecule has 3 nitrogen and oxygen atoms in total. The minimum absolute atomic E-state index is 0.147. The number of rotatable bonds is 2. The highest BCUT2D eigenvalue weighted by molar-refractivity contribution is 9.10. The summed E-state index contributed by atoms with van der Waals surface area (Å²) in [5, 5.41) is 0. The van der Waals surface area contributed by atoms with Crippen LogP contribution in [0.5, 0.6) is 5.75 Å². The van der Waals surface area contributed by atoms with Crippen LogP contribution in [-0.4, -0.2) is 6.61 Å². The zero-order valence-corrected chi connectivity index (χ0v) is 10.7. The van der Waals surface area contributed by atoms with Crippen molar-refractivity contribution in [3.8, 4) is 5.75 Å². The van der Waals surface area contributed by atoms with Crippen LogP contribution in [0.3, 0.4) is 0 Å². The molecule has 1 aromatic carbocycles. The molecule has 1 aromatic heterocycles. The number of fused-ring (bicyclic) bond motifs is 1. The zero-order valence-electron chi connectivity index (χ0n) is 9.10. The van der Waals surface area contributed by atoms with Gasteiger partial charge in [0.05, 0.1) is 23.4 Å². The summed E-state index contributed by atoms with van der Waals surface area (Å²) in [4.78, 5) is 0. The fraction of sp³-hybridized carbons (Fsp3) is 0.231. The van der Waals surface area contributed by atoms with E-state index in [0.717, 1.165) is 21.5 Å². The van der Waals surface area contributed by atoms with Gasteiger partial charge in [0.2, 0.25) is 0 Å². The van der Waals surface area contributed by atoms with Gasteiger partial charge < -0.3 is 14.9 Å². The van der Waals surface area contributed by atoms with Crippen LogP contribution in [0, 0.1) is 0 Å². The van der Waals surface area contributed by atoms with E-state index in [9.17, 15) is 0 Å². The van der Waals surface area contributed by atoms with Crippen molar-refractivity contribution in [3.05, 3.63) is 52.4 Å². The second-order valence-corrected chi connectivity index (χ2v) is 4.97. The average molecular weight is 294 g/mol. The van der Waals surface area contributed by atoms with Crippen LogP contribution < -0.4 is 10.5 Å². The van der Waals surface area contributed by atoms with Crippen molar-refractivity contribution in [1.82, 2.24) is 0 Å². The first-order valence-corrected chi connectivity index (χ1v) is 6.27. The molecule has 2 aromatic rings. The van der Waals surface area contributed by atoms with Crippen LogP contribution in [0.25, 0.3) is 0 Å². The van der Waals surface area contributed by atoms with Gasteiger partial charge in [-0.15, -0.1) is 0 Å². The molecule has 3 rings (SSSR count). The van der Waals surface area contributed by atoms with E-state index in [1.807, 2.05) is 24.3 Å². The minimum Gasteiger partial charge on any atom is -0.493 e. The molecule has 0 saturated carbocycles. The number of benzene rings is 1. The van der Waals surface area contributed by atoms with E-state index in [0.29, 0.717) is 6.61 Å². The Hall–Kier alpha value is -1.26.